The van der Waals surface area contributed by atoms with Gasteiger partial charge in [0.2, 0.25) is 0 Å². The standard InChI is InChI=1S/C15H22ClN/c1-12-3-5-14(6-4-12)15(16)11-17-9-7-13(2)8-10-17/h3-6,13,15H,7-11H2,1-2H3. The van der Waals surface area contributed by atoms with Crippen molar-refractivity contribution in [2.24, 2.45) is 5.92 Å². The molecule has 94 valence electrons. The third-order valence-corrected chi connectivity index (χ3v) is 4.12. The maximum Gasteiger partial charge on any atom is 0.0712 e. The van der Waals surface area contributed by atoms with Crippen molar-refractivity contribution in [2.75, 3.05) is 19.6 Å². The molecular formula is C15H22ClN. The summed E-state index contributed by atoms with van der Waals surface area (Å²) in [7, 11) is 0. The highest BCUT2D eigenvalue weighted by Gasteiger charge is 2.18. The van der Waals surface area contributed by atoms with Crippen LogP contribution in [0.4, 0.5) is 0 Å². The van der Waals surface area contributed by atoms with E-state index in [1.165, 1.54) is 37.1 Å². The lowest BCUT2D eigenvalue weighted by atomic mass is 9.99. The van der Waals surface area contributed by atoms with Crippen LogP contribution in [0.2, 0.25) is 0 Å². The van der Waals surface area contributed by atoms with Gasteiger partial charge in [0, 0.05) is 6.54 Å². The molecule has 1 heterocycles. The first-order valence-electron chi connectivity index (χ1n) is 6.58. The maximum atomic E-state index is 6.49. The molecule has 1 saturated heterocycles. The van der Waals surface area contributed by atoms with E-state index in [2.05, 4.69) is 43.0 Å². The Morgan fingerprint density at radius 3 is 2.41 bits per heavy atom. The molecule has 0 N–H and O–H groups in total. The largest absolute Gasteiger partial charge is 0.302 e. The molecule has 1 aliphatic rings. The van der Waals surface area contributed by atoms with Gasteiger partial charge in [-0.25, -0.2) is 0 Å². The smallest absolute Gasteiger partial charge is 0.0712 e. The van der Waals surface area contributed by atoms with E-state index >= 15 is 0 Å². The molecule has 1 fully saturated rings. The minimum atomic E-state index is 0.129. The maximum absolute atomic E-state index is 6.49. The molecule has 1 aliphatic heterocycles. The summed E-state index contributed by atoms with van der Waals surface area (Å²) in [5.41, 5.74) is 2.54. The average molecular weight is 252 g/mol. The van der Waals surface area contributed by atoms with Gasteiger partial charge in [-0.2, -0.15) is 0 Å². The van der Waals surface area contributed by atoms with Gasteiger partial charge in [0.05, 0.1) is 5.38 Å². The molecule has 0 spiro atoms. The Kier molecular flexibility index (Phi) is 4.47. The van der Waals surface area contributed by atoms with Crippen molar-refractivity contribution in [1.82, 2.24) is 4.90 Å². The van der Waals surface area contributed by atoms with Crippen LogP contribution in [-0.2, 0) is 0 Å². The van der Waals surface area contributed by atoms with Crippen molar-refractivity contribution in [2.45, 2.75) is 32.1 Å². The van der Waals surface area contributed by atoms with Crippen LogP contribution in [0, 0.1) is 12.8 Å². The highest BCUT2D eigenvalue weighted by atomic mass is 35.5. The molecule has 17 heavy (non-hydrogen) atoms. The molecule has 1 unspecified atom stereocenters. The predicted octanol–water partition coefficient (Wildman–Crippen LogP) is 4.01. The van der Waals surface area contributed by atoms with Crippen LogP contribution in [0.25, 0.3) is 0 Å². The Morgan fingerprint density at radius 2 is 1.82 bits per heavy atom. The van der Waals surface area contributed by atoms with E-state index in [4.69, 9.17) is 11.6 Å². The first-order chi connectivity index (χ1) is 8.15. The fourth-order valence-corrected chi connectivity index (χ4v) is 2.69. The van der Waals surface area contributed by atoms with Crippen molar-refractivity contribution < 1.29 is 0 Å². The third kappa shape index (κ3) is 3.72. The molecule has 0 bridgehead atoms. The molecule has 1 aromatic carbocycles. The first-order valence-corrected chi connectivity index (χ1v) is 7.02. The Hall–Kier alpha value is -0.530. The molecule has 0 amide bonds. The molecule has 0 radical (unpaired) electrons. The van der Waals surface area contributed by atoms with Crippen LogP contribution in [0.1, 0.15) is 36.3 Å². The van der Waals surface area contributed by atoms with Crippen LogP contribution in [0.5, 0.6) is 0 Å². The quantitative estimate of drug-likeness (QED) is 0.734. The lowest BCUT2D eigenvalue weighted by molar-refractivity contribution is 0.192. The summed E-state index contributed by atoms with van der Waals surface area (Å²) in [6.45, 7) is 7.85. The van der Waals surface area contributed by atoms with Crippen LogP contribution in [0.3, 0.4) is 0 Å². The molecule has 2 rings (SSSR count). The zero-order valence-corrected chi connectivity index (χ0v) is 11.6. The van der Waals surface area contributed by atoms with Crippen molar-refractivity contribution in [3.05, 3.63) is 35.4 Å². The molecule has 1 nitrogen and oxygen atoms in total. The van der Waals surface area contributed by atoms with Gasteiger partial charge in [-0.05, 0) is 44.3 Å². The predicted molar refractivity (Wildman–Crippen MR) is 74.6 cm³/mol. The van der Waals surface area contributed by atoms with E-state index in [1.54, 1.807) is 0 Å². The zero-order chi connectivity index (χ0) is 12.3. The summed E-state index contributed by atoms with van der Waals surface area (Å²) < 4.78 is 0. The summed E-state index contributed by atoms with van der Waals surface area (Å²) in [4.78, 5) is 2.50. The minimum absolute atomic E-state index is 0.129. The fourth-order valence-electron chi connectivity index (χ4n) is 2.35. The van der Waals surface area contributed by atoms with Gasteiger partial charge in [0.15, 0.2) is 0 Å². The van der Waals surface area contributed by atoms with Gasteiger partial charge >= 0.3 is 0 Å². The number of benzene rings is 1. The summed E-state index contributed by atoms with van der Waals surface area (Å²) in [5.74, 6) is 0.888. The number of piperidine rings is 1. The van der Waals surface area contributed by atoms with Crippen LogP contribution < -0.4 is 0 Å². The summed E-state index contributed by atoms with van der Waals surface area (Å²) in [5, 5.41) is 0.129. The second kappa shape index (κ2) is 5.88. The molecule has 0 saturated carbocycles. The Bertz CT molecular complexity index is 338. The van der Waals surface area contributed by atoms with Gasteiger partial charge in [-0.1, -0.05) is 36.8 Å². The van der Waals surface area contributed by atoms with E-state index in [0.717, 1.165) is 12.5 Å². The van der Waals surface area contributed by atoms with E-state index in [1.807, 2.05) is 0 Å². The van der Waals surface area contributed by atoms with Crippen molar-refractivity contribution >= 4 is 11.6 Å². The number of rotatable bonds is 3. The van der Waals surface area contributed by atoms with E-state index in [9.17, 15) is 0 Å². The van der Waals surface area contributed by atoms with Crippen molar-refractivity contribution in [3.8, 4) is 0 Å². The van der Waals surface area contributed by atoms with Gasteiger partial charge in [0.1, 0.15) is 0 Å². The Balaban J connectivity index is 1.88. The monoisotopic (exact) mass is 251 g/mol. The van der Waals surface area contributed by atoms with Crippen LogP contribution in [-0.4, -0.2) is 24.5 Å². The highest BCUT2D eigenvalue weighted by Crippen LogP contribution is 2.24. The zero-order valence-electron chi connectivity index (χ0n) is 10.8. The number of hydrogen-bond donors (Lipinski definition) is 0. The number of alkyl halides is 1. The van der Waals surface area contributed by atoms with E-state index < -0.39 is 0 Å². The first kappa shape index (κ1) is 12.9. The summed E-state index contributed by atoms with van der Waals surface area (Å²) in [6, 6.07) is 8.59. The van der Waals surface area contributed by atoms with Gasteiger partial charge in [-0.3, -0.25) is 0 Å². The number of aryl methyl sites for hydroxylation is 1. The number of hydrogen-bond acceptors (Lipinski definition) is 1. The average Bonchev–Trinajstić information content (AvgIpc) is 2.33. The Labute approximate surface area is 110 Å². The lowest BCUT2D eigenvalue weighted by Gasteiger charge is -2.31. The summed E-state index contributed by atoms with van der Waals surface area (Å²) >= 11 is 6.49. The number of halogens is 1. The topological polar surface area (TPSA) is 3.24 Å². The third-order valence-electron chi connectivity index (χ3n) is 3.73. The second-order valence-electron chi connectivity index (χ2n) is 5.36. The molecule has 2 heteroatoms. The SMILES string of the molecule is Cc1ccc(C(Cl)CN2CCC(C)CC2)cc1. The normalized spacial score (nSPS) is 20.4. The molecule has 0 aliphatic carbocycles. The fraction of sp³-hybridized carbons (Fsp3) is 0.600. The van der Waals surface area contributed by atoms with Crippen LogP contribution in [0.15, 0.2) is 24.3 Å². The van der Waals surface area contributed by atoms with Crippen molar-refractivity contribution in [3.63, 3.8) is 0 Å². The molecule has 1 atom stereocenters. The van der Waals surface area contributed by atoms with Crippen LogP contribution >= 0.6 is 11.6 Å². The highest BCUT2D eigenvalue weighted by molar-refractivity contribution is 6.21. The van der Waals surface area contributed by atoms with Gasteiger partial charge in [0.25, 0.3) is 0 Å². The number of likely N-dealkylation sites (tertiary alicyclic amines) is 1. The van der Waals surface area contributed by atoms with Gasteiger partial charge in [-0.15, -0.1) is 11.6 Å². The number of nitrogens with zero attached hydrogens (tertiary/aromatic N) is 1. The Morgan fingerprint density at radius 1 is 1.24 bits per heavy atom. The minimum Gasteiger partial charge on any atom is -0.302 e. The summed E-state index contributed by atoms with van der Waals surface area (Å²) in [6.07, 6.45) is 2.63. The molecule has 1 aromatic rings. The van der Waals surface area contributed by atoms with E-state index in [-0.39, 0.29) is 5.38 Å². The lowest BCUT2D eigenvalue weighted by Crippen LogP contribution is -2.35. The van der Waals surface area contributed by atoms with E-state index in [0.29, 0.717) is 0 Å². The second-order valence-corrected chi connectivity index (χ2v) is 5.89. The van der Waals surface area contributed by atoms with Crippen molar-refractivity contribution in [1.29, 1.82) is 0 Å². The molecule has 0 aromatic heterocycles. The van der Waals surface area contributed by atoms with Gasteiger partial charge < -0.3 is 4.90 Å². The molecular weight excluding hydrogens is 230 g/mol.